The summed E-state index contributed by atoms with van der Waals surface area (Å²) in [5.74, 6) is -0.151. The number of hydrogen-bond acceptors (Lipinski definition) is 3. The molecule has 0 aromatic carbocycles. The maximum atomic E-state index is 11.7. The van der Waals surface area contributed by atoms with Crippen molar-refractivity contribution in [2.45, 2.75) is 90.5 Å². The standard InChI is InChI=1S/C15H34O3Si2/c1-5-6-7-8-9-10-11-12-13-14(15(16)17-19)18-20(2,3)4/h14H,5-13H2,1-4,19H3. The Balaban J connectivity index is 3.77. The summed E-state index contributed by atoms with van der Waals surface area (Å²) in [7, 11) is -1.22. The summed E-state index contributed by atoms with van der Waals surface area (Å²) in [6, 6.07) is 0. The first-order valence-electron chi connectivity index (χ1n) is 8.16. The molecule has 0 radical (unpaired) electrons. The van der Waals surface area contributed by atoms with Crippen LogP contribution in [0.15, 0.2) is 0 Å². The first-order chi connectivity index (χ1) is 9.40. The Morgan fingerprint density at radius 2 is 1.50 bits per heavy atom. The van der Waals surface area contributed by atoms with E-state index < -0.39 is 8.32 Å². The first-order valence-corrected chi connectivity index (χ1v) is 12.4. The van der Waals surface area contributed by atoms with E-state index in [4.69, 9.17) is 8.85 Å². The lowest BCUT2D eigenvalue weighted by molar-refractivity contribution is -0.142. The SMILES string of the molecule is CCCCCCCCCCC(O[Si](C)(C)C)C(=O)O[SiH3]. The Morgan fingerprint density at radius 3 is 1.95 bits per heavy atom. The van der Waals surface area contributed by atoms with Crippen molar-refractivity contribution in [3.8, 4) is 0 Å². The Labute approximate surface area is 129 Å². The third-order valence-corrected chi connectivity index (χ3v) is 4.67. The highest BCUT2D eigenvalue weighted by atomic mass is 28.4. The second-order valence-electron chi connectivity index (χ2n) is 6.51. The van der Waals surface area contributed by atoms with Gasteiger partial charge in [-0.2, -0.15) is 0 Å². The van der Waals surface area contributed by atoms with Crippen molar-refractivity contribution in [3.63, 3.8) is 0 Å². The number of carbonyl (C=O) groups is 1. The highest BCUT2D eigenvalue weighted by Gasteiger charge is 2.26. The van der Waals surface area contributed by atoms with Gasteiger partial charge in [-0.15, -0.1) is 0 Å². The molecule has 1 atom stereocenters. The van der Waals surface area contributed by atoms with Crippen LogP contribution in [0.4, 0.5) is 0 Å². The summed E-state index contributed by atoms with van der Waals surface area (Å²) in [6.45, 7) is 8.60. The van der Waals surface area contributed by atoms with E-state index in [-0.39, 0.29) is 12.1 Å². The van der Waals surface area contributed by atoms with Gasteiger partial charge in [0.25, 0.3) is 0 Å². The van der Waals surface area contributed by atoms with Crippen molar-refractivity contribution in [1.82, 2.24) is 0 Å². The Morgan fingerprint density at radius 1 is 1.00 bits per heavy atom. The fraction of sp³-hybridized carbons (Fsp3) is 0.933. The van der Waals surface area contributed by atoms with Crippen molar-refractivity contribution >= 4 is 24.8 Å². The lowest BCUT2D eigenvalue weighted by Gasteiger charge is -2.24. The molecule has 3 nitrogen and oxygen atoms in total. The molecule has 1 unspecified atom stereocenters. The van der Waals surface area contributed by atoms with Crippen molar-refractivity contribution in [1.29, 1.82) is 0 Å². The van der Waals surface area contributed by atoms with E-state index in [1.54, 1.807) is 0 Å². The Hall–Kier alpha value is -0.136. The number of rotatable bonds is 12. The molecule has 0 aliphatic carbocycles. The molecular weight excluding hydrogens is 284 g/mol. The minimum Gasteiger partial charge on any atom is -0.527 e. The topological polar surface area (TPSA) is 35.5 Å². The summed E-state index contributed by atoms with van der Waals surface area (Å²) >= 11 is 0. The van der Waals surface area contributed by atoms with E-state index in [1.165, 1.54) is 44.9 Å². The van der Waals surface area contributed by atoms with Gasteiger partial charge in [0, 0.05) is 0 Å². The normalized spacial score (nSPS) is 13.4. The summed E-state index contributed by atoms with van der Waals surface area (Å²) in [6.07, 6.45) is 10.8. The third kappa shape index (κ3) is 11.7. The highest BCUT2D eigenvalue weighted by Crippen LogP contribution is 2.16. The lowest BCUT2D eigenvalue weighted by atomic mass is 10.1. The largest absolute Gasteiger partial charge is 0.527 e. The molecular formula is C15H34O3Si2. The summed E-state index contributed by atoms with van der Waals surface area (Å²) < 4.78 is 10.9. The highest BCUT2D eigenvalue weighted by molar-refractivity contribution is 6.69. The molecule has 0 aliphatic heterocycles. The van der Waals surface area contributed by atoms with Gasteiger partial charge in [-0.3, -0.25) is 4.79 Å². The van der Waals surface area contributed by atoms with Gasteiger partial charge in [0.15, 0.2) is 8.32 Å². The average molecular weight is 319 g/mol. The van der Waals surface area contributed by atoms with Crippen LogP contribution in [0.1, 0.15) is 64.7 Å². The van der Waals surface area contributed by atoms with Crippen LogP contribution >= 0.6 is 0 Å². The molecule has 0 N–H and O–H groups in total. The van der Waals surface area contributed by atoms with E-state index in [2.05, 4.69) is 26.6 Å². The van der Waals surface area contributed by atoms with Crippen LogP contribution < -0.4 is 0 Å². The molecule has 0 bridgehead atoms. The van der Waals surface area contributed by atoms with E-state index >= 15 is 0 Å². The second kappa shape index (κ2) is 11.5. The minimum atomic E-state index is -1.68. The van der Waals surface area contributed by atoms with Crippen molar-refractivity contribution < 1.29 is 13.6 Å². The van der Waals surface area contributed by atoms with E-state index in [0.717, 1.165) is 12.8 Å². The van der Waals surface area contributed by atoms with Gasteiger partial charge in [0.2, 0.25) is 10.5 Å². The zero-order valence-electron chi connectivity index (χ0n) is 14.2. The lowest BCUT2D eigenvalue weighted by Crippen LogP contribution is -2.37. The van der Waals surface area contributed by atoms with E-state index in [0.29, 0.717) is 10.5 Å². The predicted octanol–water partition coefficient (Wildman–Crippen LogP) is 3.56. The predicted molar refractivity (Wildman–Crippen MR) is 91.5 cm³/mol. The monoisotopic (exact) mass is 318 g/mol. The zero-order valence-corrected chi connectivity index (χ0v) is 17.2. The fourth-order valence-electron chi connectivity index (χ4n) is 2.25. The van der Waals surface area contributed by atoms with Gasteiger partial charge >= 0.3 is 5.97 Å². The van der Waals surface area contributed by atoms with Crippen LogP contribution in [-0.2, 0) is 13.6 Å². The van der Waals surface area contributed by atoms with Gasteiger partial charge in [-0.1, -0.05) is 58.3 Å². The Bertz CT molecular complexity index is 252. The molecule has 0 aromatic heterocycles. The number of unbranched alkanes of at least 4 members (excludes halogenated alkanes) is 7. The van der Waals surface area contributed by atoms with Crippen LogP contribution in [0.3, 0.4) is 0 Å². The molecule has 20 heavy (non-hydrogen) atoms. The van der Waals surface area contributed by atoms with Crippen LogP contribution in [-0.4, -0.2) is 30.9 Å². The first kappa shape index (κ1) is 19.9. The second-order valence-corrected chi connectivity index (χ2v) is 11.4. The molecule has 0 aromatic rings. The summed E-state index contributed by atoms with van der Waals surface area (Å²) in [5, 5.41) is 0. The Kier molecular flexibility index (Phi) is 11.4. The molecule has 0 saturated heterocycles. The van der Waals surface area contributed by atoms with Crippen molar-refractivity contribution in [2.75, 3.05) is 0 Å². The maximum Gasteiger partial charge on any atom is 0.320 e. The maximum absolute atomic E-state index is 11.7. The van der Waals surface area contributed by atoms with Crippen molar-refractivity contribution in [2.24, 2.45) is 0 Å². The van der Waals surface area contributed by atoms with Gasteiger partial charge < -0.3 is 8.85 Å². The van der Waals surface area contributed by atoms with Gasteiger partial charge in [0.1, 0.15) is 6.10 Å². The van der Waals surface area contributed by atoms with Gasteiger partial charge in [-0.05, 0) is 26.1 Å². The smallest absolute Gasteiger partial charge is 0.320 e. The summed E-state index contributed by atoms with van der Waals surface area (Å²) in [4.78, 5) is 11.7. The minimum absolute atomic E-state index is 0.151. The molecule has 120 valence electrons. The molecule has 0 heterocycles. The molecule has 0 rings (SSSR count). The molecule has 0 fully saturated rings. The molecule has 0 aliphatic rings. The third-order valence-electron chi connectivity index (χ3n) is 3.28. The van der Waals surface area contributed by atoms with Crippen LogP contribution in [0.2, 0.25) is 19.6 Å². The van der Waals surface area contributed by atoms with E-state index in [9.17, 15) is 4.79 Å². The fourth-order valence-corrected chi connectivity index (χ4v) is 3.58. The molecule has 0 spiro atoms. The number of hydrogen-bond donors (Lipinski definition) is 0. The quantitative estimate of drug-likeness (QED) is 0.408. The van der Waals surface area contributed by atoms with E-state index in [1.807, 2.05) is 0 Å². The summed E-state index contributed by atoms with van der Waals surface area (Å²) in [5.41, 5.74) is 0. The molecule has 0 amide bonds. The molecule has 5 heteroatoms. The van der Waals surface area contributed by atoms with Crippen molar-refractivity contribution in [3.05, 3.63) is 0 Å². The average Bonchev–Trinajstić information content (AvgIpc) is 2.38. The zero-order chi connectivity index (χ0) is 15.4. The van der Waals surface area contributed by atoms with Crippen LogP contribution in [0, 0.1) is 0 Å². The molecule has 0 saturated carbocycles. The van der Waals surface area contributed by atoms with Crippen LogP contribution in [0.5, 0.6) is 0 Å². The van der Waals surface area contributed by atoms with Gasteiger partial charge in [-0.25, -0.2) is 0 Å². The number of carbonyl (C=O) groups excluding carboxylic acids is 1. The van der Waals surface area contributed by atoms with Crippen LogP contribution in [0.25, 0.3) is 0 Å². The van der Waals surface area contributed by atoms with Gasteiger partial charge in [0.05, 0.1) is 0 Å².